The summed E-state index contributed by atoms with van der Waals surface area (Å²) in [5.74, 6) is -1.43. The Kier molecular flexibility index (Phi) is 9.56. The van der Waals surface area contributed by atoms with Gasteiger partial charge in [0, 0.05) is 16.3 Å². The Morgan fingerprint density at radius 3 is 2.57 bits per heavy atom. The number of Topliss-reactive ketones (excluding diaryl/α,β-unsaturated/α-hetero) is 1. The number of hydrogen-bond acceptors (Lipinski definition) is 8. The quantitative estimate of drug-likeness (QED) is 0.0455. The zero-order valence-corrected chi connectivity index (χ0v) is 25.0. The molecule has 216 valence electrons. The van der Waals surface area contributed by atoms with E-state index >= 15 is 0 Å². The minimum atomic E-state index is -1.00. The van der Waals surface area contributed by atoms with Crippen LogP contribution < -0.4 is 9.64 Å². The molecule has 0 saturated carbocycles. The zero-order valence-electron chi connectivity index (χ0n) is 22.6. The highest BCUT2D eigenvalue weighted by Gasteiger charge is 2.48. The van der Waals surface area contributed by atoms with E-state index < -0.39 is 29.3 Å². The summed E-state index contributed by atoms with van der Waals surface area (Å²) in [5, 5.41) is 20.6. The Hall–Kier alpha value is -3.73. The van der Waals surface area contributed by atoms with Crippen LogP contribution >= 0.6 is 34.7 Å². The number of benzene rings is 3. The standard InChI is InChI=1S/C31H27ClFN3O4S2/c1-2-3-4-16-40-24-7-5-6-21(17-24)26-25(27(37)20-10-14-23(33)15-11-20)28(38)29(39)36(26)30-34-35-31(42-30)41-18-19-8-12-22(32)13-9-19/h5-15,17,26,37H,2-4,16,18H2,1H3/b27-25+. The monoisotopic (exact) mass is 623 g/mol. The zero-order chi connectivity index (χ0) is 29.6. The minimum absolute atomic E-state index is 0.125. The Balaban J connectivity index is 1.51. The molecule has 0 spiro atoms. The number of halogens is 2. The second kappa shape index (κ2) is 13.5. The average molecular weight is 624 g/mol. The van der Waals surface area contributed by atoms with Crippen molar-refractivity contribution < 1.29 is 23.8 Å². The highest BCUT2D eigenvalue weighted by atomic mass is 35.5. The van der Waals surface area contributed by atoms with Gasteiger partial charge in [-0.15, -0.1) is 10.2 Å². The molecule has 0 aliphatic carbocycles. The third-order valence-corrected chi connectivity index (χ3v) is 9.01. The summed E-state index contributed by atoms with van der Waals surface area (Å²) < 4.78 is 20.2. The summed E-state index contributed by atoms with van der Waals surface area (Å²) in [6.07, 6.45) is 2.99. The van der Waals surface area contributed by atoms with Gasteiger partial charge in [-0.05, 0) is 66.1 Å². The van der Waals surface area contributed by atoms with Crippen molar-refractivity contribution in [2.24, 2.45) is 0 Å². The van der Waals surface area contributed by atoms with Crippen LogP contribution in [0.3, 0.4) is 0 Å². The molecule has 3 aromatic carbocycles. The van der Waals surface area contributed by atoms with Gasteiger partial charge in [-0.25, -0.2) is 4.39 Å². The summed E-state index contributed by atoms with van der Waals surface area (Å²) in [5.41, 5.74) is 1.68. The van der Waals surface area contributed by atoms with Crippen LogP contribution in [0.25, 0.3) is 5.76 Å². The smallest absolute Gasteiger partial charge is 0.301 e. The Morgan fingerprint density at radius 2 is 1.83 bits per heavy atom. The summed E-state index contributed by atoms with van der Waals surface area (Å²) in [6.45, 7) is 2.64. The lowest BCUT2D eigenvalue weighted by Crippen LogP contribution is -2.29. The summed E-state index contributed by atoms with van der Waals surface area (Å²) in [6, 6.07) is 18.6. The molecule has 1 aliphatic heterocycles. The molecule has 7 nitrogen and oxygen atoms in total. The van der Waals surface area contributed by atoms with E-state index in [0.29, 0.717) is 33.0 Å². The molecule has 1 saturated heterocycles. The number of carbonyl (C=O) groups is 2. The topological polar surface area (TPSA) is 92.6 Å². The number of aromatic nitrogens is 2. The Labute approximate surface area is 256 Å². The number of anilines is 1. The Morgan fingerprint density at radius 1 is 1.07 bits per heavy atom. The maximum absolute atomic E-state index is 13.6. The van der Waals surface area contributed by atoms with E-state index in [-0.39, 0.29) is 16.3 Å². The maximum atomic E-state index is 13.6. The number of unbranched alkanes of at least 4 members (excludes halogenated alkanes) is 2. The van der Waals surface area contributed by atoms with E-state index in [1.54, 1.807) is 24.3 Å². The van der Waals surface area contributed by atoms with Crippen LogP contribution in [0.1, 0.15) is 48.9 Å². The molecule has 1 N–H and O–H groups in total. The molecule has 1 amide bonds. The van der Waals surface area contributed by atoms with Gasteiger partial charge >= 0.3 is 5.91 Å². The van der Waals surface area contributed by atoms with Gasteiger partial charge < -0.3 is 9.84 Å². The van der Waals surface area contributed by atoms with Crippen LogP contribution in [0.2, 0.25) is 5.02 Å². The fraction of sp³-hybridized carbons (Fsp3) is 0.226. The maximum Gasteiger partial charge on any atom is 0.301 e. The van der Waals surface area contributed by atoms with Gasteiger partial charge in [0.2, 0.25) is 5.13 Å². The minimum Gasteiger partial charge on any atom is -0.507 e. The molecule has 1 aliphatic rings. The summed E-state index contributed by atoms with van der Waals surface area (Å²) >= 11 is 8.60. The summed E-state index contributed by atoms with van der Waals surface area (Å²) in [7, 11) is 0. The van der Waals surface area contributed by atoms with E-state index in [4.69, 9.17) is 16.3 Å². The normalized spacial score (nSPS) is 16.3. The number of ether oxygens (including phenoxy) is 1. The average Bonchev–Trinajstić information content (AvgIpc) is 3.57. The first-order chi connectivity index (χ1) is 20.4. The van der Waals surface area contributed by atoms with Crippen molar-refractivity contribution in [3.8, 4) is 5.75 Å². The molecule has 42 heavy (non-hydrogen) atoms. The number of rotatable bonds is 11. The SMILES string of the molecule is CCCCCOc1cccc(C2/C(=C(\O)c3ccc(F)cc3)C(=O)C(=O)N2c2nnc(SCc3ccc(Cl)cc3)s2)c1. The predicted molar refractivity (Wildman–Crippen MR) is 164 cm³/mol. The first-order valence-electron chi connectivity index (χ1n) is 13.4. The lowest BCUT2D eigenvalue weighted by atomic mass is 9.95. The number of ketones is 1. The molecule has 0 bridgehead atoms. The lowest BCUT2D eigenvalue weighted by Gasteiger charge is -2.23. The van der Waals surface area contributed by atoms with Crippen molar-refractivity contribution in [1.29, 1.82) is 0 Å². The summed E-state index contributed by atoms with van der Waals surface area (Å²) in [4.78, 5) is 28.2. The predicted octanol–water partition coefficient (Wildman–Crippen LogP) is 7.82. The molecular weight excluding hydrogens is 597 g/mol. The van der Waals surface area contributed by atoms with Crippen molar-refractivity contribution in [1.82, 2.24) is 10.2 Å². The van der Waals surface area contributed by atoms with E-state index in [9.17, 15) is 19.1 Å². The molecular formula is C31H27ClFN3O4S2. The number of aliphatic hydroxyl groups excluding tert-OH is 1. The largest absolute Gasteiger partial charge is 0.507 e. The van der Waals surface area contributed by atoms with Crippen LogP contribution in [0.15, 0.2) is 82.7 Å². The van der Waals surface area contributed by atoms with Crippen molar-refractivity contribution in [3.63, 3.8) is 0 Å². The number of hydrogen-bond donors (Lipinski definition) is 1. The number of amides is 1. The number of aliphatic hydroxyl groups is 1. The fourth-order valence-corrected chi connectivity index (χ4v) is 6.46. The molecule has 4 aromatic rings. The van der Waals surface area contributed by atoms with Crippen molar-refractivity contribution in [3.05, 3.63) is 106 Å². The van der Waals surface area contributed by atoms with E-state index in [0.717, 1.165) is 24.8 Å². The van der Waals surface area contributed by atoms with Crippen LogP contribution in [-0.2, 0) is 15.3 Å². The van der Waals surface area contributed by atoms with Crippen molar-refractivity contribution in [2.75, 3.05) is 11.5 Å². The van der Waals surface area contributed by atoms with E-state index in [1.807, 2.05) is 24.3 Å². The molecule has 0 radical (unpaired) electrons. The number of nitrogens with zero attached hydrogens (tertiary/aromatic N) is 3. The Bertz CT molecular complexity index is 1610. The van der Waals surface area contributed by atoms with Crippen LogP contribution in [0, 0.1) is 5.82 Å². The number of carbonyl (C=O) groups excluding carboxylic acids is 2. The van der Waals surface area contributed by atoms with E-state index in [2.05, 4.69) is 17.1 Å². The molecule has 1 unspecified atom stereocenters. The van der Waals surface area contributed by atoms with Gasteiger partial charge in [-0.3, -0.25) is 14.5 Å². The van der Waals surface area contributed by atoms with Crippen molar-refractivity contribution >= 4 is 57.3 Å². The lowest BCUT2D eigenvalue weighted by molar-refractivity contribution is -0.132. The molecule has 5 rings (SSSR count). The third-order valence-electron chi connectivity index (χ3n) is 6.63. The van der Waals surface area contributed by atoms with Gasteiger partial charge in [0.05, 0.1) is 18.2 Å². The first kappa shape index (κ1) is 29.8. The highest BCUT2D eigenvalue weighted by Crippen LogP contribution is 2.44. The highest BCUT2D eigenvalue weighted by molar-refractivity contribution is 8.00. The molecule has 1 aromatic heterocycles. The number of thioether (sulfide) groups is 1. The molecule has 2 heterocycles. The fourth-order valence-electron chi connectivity index (χ4n) is 4.51. The van der Waals surface area contributed by atoms with E-state index in [1.165, 1.54) is 52.3 Å². The van der Waals surface area contributed by atoms with Gasteiger partial charge in [-0.2, -0.15) is 0 Å². The first-order valence-corrected chi connectivity index (χ1v) is 15.5. The van der Waals surface area contributed by atoms with Crippen molar-refractivity contribution in [2.45, 2.75) is 42.3 Å². The van der Waals surface area contributed by atoms with Crippen LogP contribution in [-0.4, -0.2) is 33.6 Å². The van der Waals surface area contributed by atoms with Gasteiger partial charge in [0.1, 0.15) is 17.3 Å². The molecule has 11 heteroatoms. The second-order valence-electron chi connectivity index (χ2n) is 9.57. The second-order valence-corrected chi connectivity index (χ2v) is 12.2. The van der Waals surface area contributed by atoms with Gasteiger partial charge in [0.25, 0.3) is 5.78 Å². The third kappa shape index (κ3) is 6.67. The van der Waals surface area contributed by atoms with Gasteiger partial charge in [-0.1, -0.05) is 78.7 Å². The van der Waals surface area contributed by atoms with Crippen LogP contribution in [0.5, 0.6) is 5.75 Å². The molecule has 1 atom stereocenters. The van der Waals surface area contributed by atoms with Gasteiger partial charge in [0.15, 0.2) is 4.34 Å². The molecule has 1 fully saturated rings. The van der Waals surface area contributed by atoms with Crippen LogP contribution in [0.4, 0.5) is 9.52 Å².